The molecule has 4 aromatic rings. The predicted octanol–water partition coefficient (Wildman–Crippen LogP) is 3.30. The average molecular weight is 435 g/mol. The zero-order valence-electron chi connectivity index (χ0n) is 18.5. The van der Waals surface area contributed by atoms with Crippen LogP contribution in [-0.4, -0.2) is 36.0 Å². The van der Waals surface area contributed by atoms with Crippen molar-refractivity contribution in [3.8, 4) is 0 Å². The summed E-state index contributed by atoms with van der Waals surface area (Å²) < 4.78 is 2.88. The second kappa shape index (κ2) is 8.86. The zero-order valence-corrected chi connectivity index (χ0v) is 18.5. The van der Waals surface area contributed by atoms with Crippen LogP contribution in [0.4, 0.5) is 0 Å². The second-order valence-corrected chi connectivity index (χ2v) is 7.90. The van der Waals surface area contributed by atoms with Crippen LogP contribution in [0.1, 0.15) is 52.9 Å². The Kier molecular flexibility index (Phi) is 5.98. The number of aromatic nitrogens is 5. The number of amides is 2. The maximum absolute atomic E-state index is 13.4. The monoisotopic (exact) mass is 434 g/mol. The Morgan fingerprint density at radius 1 is 0.938 bits per heavy atom. The van der Waals surface area contributed by atoms with Crippen molar-refractivity contribution in [2.24, 2.45) is 0 Å². The molecule has 0 saturated heterocycles. The molecule has 0 atom stereocenters. The van der Waals surface area contributed by atoms with Gasteiger partial charge in [0.15, 0.2) is 11.3 Å². The molecule has 32 heavy (non-hydrogen) atoms. The highest BCUT2D eigenvalue weighted by Crippen LogP contribution is 2.25. The third-order valence-corrected chi connectivity index (χ3v) is 5.51. The van der Waals surface area contributed by atoms with Crippen LogP contribution in [0.15, 0.2) is 35.4 Å². The van der Waals surface area contributed by atoms with Gasteiger partial charge >= 0.3 is 0 Å². The Hall–Kier alpha value is -3.62. The number of imide groups is 1. The molecular formula is C23H26N6O3. The number of para-hydroxylation sites is 2. The summed E-state index contributed by atoms with van der Waals surface area (Å²) in [5.74, 6) is -1.01. The zero-order chi connectivity index (χ0) is 22.8. The predicted molar refractivity (Wildman–Crippen MR) is 123 cm³/mol. The molecule has 4 rings (SSSR count). The van der Waals surface area contributed by atoms with Gasteiger partial charge in [0.05, 0.1) is 17.4 Å². The van der Waals surface area contributed by atoms with E-state index in [1.165, 1.54) is 31.3 Å². The van der Waals surface area contributed by atoms with Crippen LogP contribution in [0.25, 0.3) is 33.2 Å². The first-order valence-electron chi connectivity index (χ1n) is 10.9. The van der Waals surface area contributed by atoms with E-state index in [4.69, 9.17) is 0 Å². The third-order valence-electron chi connectivity index (χ3n) is 5.51. The minimum atomic E-state index is -0.506. The van der Waals surface area contributed by atoms with Crippen LogP contribution in [0.3, 0.4) is 0 Å². The smallest absolute Gasteiger partial charge is 0.265 e. The van der Waals surface area contributed by atoms with Gasteiger partial charge in [0, 0.05) is 20.4 Å². The molecule has 2 amide bonds. The summed E-state index contributed by atoms with van der Waals surface area (Å²) in [6, 6.07) is 7.26. The minimum absolute atomic E-state index is 0.188. The molecule has 9 nitrogen and oxygen atoms in total. The molecule has 0 N–H and O–H groups in total. The third kappa shape index (κ3) is 3.74. The molecule has 0 spiro atoms. The summed E-state index contributed by atoms with van der Waals surface area (Å²) in [6.07, 6.45) is 6.83. The molecule has 0 aliphatic heterocycles. The maximum Gasteiger partial charge on any atom is 0.265 e. The first kappa shape index (κ1) is 21.6. The van der Waals surface area contributed by atoms with E-state index in [-0.39, 0.29) is 22.2 Å². The molecule has 0 fully saturated rings. The van der Waals surface area contributed by atoms with Crippen molar-refractivity contribution in [1.82, 2.24) is 24.2 Å². The fourth-order valence-corrected chi connectivity index (χ4v) is 3.99. The van der Waals surface area contributed by atoms with Crippen molar-refractivity contribution in [2.45, 2.75) is 59.4 Å². The van der Waals surface area contributed by atoms with Gasteiger partial charge in [-0.15, -0.1) is 0 Å². The Morgan fingerprint density at radius 3 is 2.25 bits per heavy atom. The van der Waals surface area contributed by atoms with Gasteiger partial charge in [0.25, 0.3) is 5.56 Å². The number of fused-ring (bicyclic) bond motifs is 4. The SMILES string of the molecule is CCCCCCCn1cnc2c(c1=O)c1nc3ccccc3nc1n2N(C(C)=O)C(C)=O. The van der Waals surface area contributed by atoms with Crippen LogP contribution in [0, 0.1) is 0 Å². The second-order valence-electron chi connectivity index (χ2n) is 7.90. The normalized spacial score (nSPS) is 11.5. The Bertz CT molecular complexity index is 1370. The van der Waals surface area contributed by atoms with E-state index in [1.54, 1.807) is 16.7 Å². The van der Waals surface area contributed by atoms with Gasteiger partial charge in [-0.05, 0) is 18.6 Å². The topological polar surface area (TPSA) is 103 Å². The Labute approximate surface area is 184 Å². The Morgan fingerprint density at radius 2 is 1.59 bits per heavy atom. The van der Waals surface area contributed by atoms with E-state index >= 15 is 0 Å². The van der Waals surface area contributed by atoms with Gasteiger partial charge in [0.2, 0.25) is 11.8 Å². The molecule has 9 heteroatoms. The molecular weight excluding hydrogens is 408 g/mol. The van der Waals surface area contributed by atoms with Crippen molar-refractivity contribution >= 4 is 45.0 Å². The van der Waals surface area contributed by atoms with Gasteiger partial charge in [-0.2, -0.15) is 5.01 Å². The fraction of sp³-hybridized carbons (Fsp3) is 0.391. The molecule has 0 saturated carbocycles. The van der Waals surface area contributed by atoms with Crippen LogP contribution < -0.4 is 10.6 Å². The highest BCUT2D eigenvalue weighted by atomic mass is 16.2. The molecule has 0 bridgehead atoms. The molecule has 0 unspecified atom stereocenters. The Balaban J connectivity index is 1.96. The number of aryl methyl sites for hydroxylation is 1. The molecule has 0 aliphatic rings. The van der Waals surface area contributed by atoms with E-state index in [1.807, 2.05) is 12.1 Å². The highest BCUT2D eigenvalue weighted by molar-refractivity contribution is 6.12. The van der Waals surface area contributed by atoms with E-state index in [0.717, 1.165) is 30.7 Å². The summed E-state index contributed by atoms with van der Waals surface area (Å²) in [7, 11) is 0. The molecule has 1 aromatic carbocycles. The van der Waals surface area contributed by atoms with Crippen LogP contribution in [0.2, 0.25) is 0 Å². The quantitative estimate of drug-likeness (QED) is 0.414. The van der Waals surface area contributed by atoms with E-state index in [9.17, 15) is 14.4 Å². The lowest BCUT2D eigenvalue weighted by atomic mass is 10.1. The first-order chi connectivity index (χ1) is 15.4. The van der Waals surface area contributed by atoms with E-state index in [0.29, 0.717) is 23.1 Å². The molecule has 0 aliphatic carbocycles. The van der Waals surface area contributed by atoms with Crippen molar-refractivity contribution in [2.75, 3.05) is 5.01 Å². The summed E-state index contributed by atoms with van der Waals surface area (Å²) in [6.45, 7) is 5.27. The lowest BCUT2D eigenvalue weighted by Crippen LogP contribution is -2.43. The molecule has 166 valence electrons. The molecule has 3 aromatic heterocycles. The lowest BCUT2D eigenvalue weighted by molar-refractivity contribution is -0.126. The van der Waals surface area contributed by atoms with E-state index in [2.05, 4.69) is 21.9 Å². The fourth-order valence-electron chi connectivity index (χ4n) is 3.99. The number of rotatable bonds is 7. The van der Waals surface area contributed by atoms with Crippen LogP contribution in [-0.2, 0) is 16.1 Å². The van der Waals surface area contributed by atoms with Gasteiger partial charge in [-0.25, -0.2) is 19.6 Å². The summed E-state index contributed by atoms with van der Waals surface area (Å²) >= 11 is 0. The number of carbonyl (C=O) groups excluding carboxylic acids is 2. The van der Waals surface area contributed by atoms with Crippen LogP contribution in [0.5, 0.6) is 0 Å². The highest BCUT2D eigenvalue weighted by Gasteiger charge is 2.27. The van der Waals surface area contributed by atoms with Gasteiger partial charge in [-0.1, -0.05) is 44.7 Å². The summed E-state index contributed by atoms with van der Waals surface area (Å²) in [5, 5.41) is 1.19. The maximum atomic E-state index is 13.4. The largest absolute Gasteiger partial charge is 0.299 e. The summed E-state index contributed by atoms with van der Waals surface area (Å²) in [5.41, 5.74) is 1.70. The van der Waals surface area contributed by atoms with Gasteiger partial charge in [-0.3, -0.25) is 19.0 Å². The standard InChI is InChI=1S/C23H26N6O3/c1-4-5-6-7-10-13-27-14-24-21-19(23(27)32)20-22(29(21)28(15(2)30)16(3)31)26-18-12-9-8-11-17(18)25-20/h8-9,11-12,14H,4-7,10,13H2,1-3H3. The number of unbranched alkanes of at least 4 members (excludes halogenated alkanes) is 4. The number of hydrogen-bond donors (Lipinski definition) is 0. The lowest BCUT2D eigenvalue weighted by Gasteiger charge is -2.19. The molecule has 0 radical (unpaired) electrons. The van der Waals surface area contributed by atoms with E-state index < -0.39 is 11.8 Å². The first-order valence-corrected chi connectivity index (χ1v) is 10.9. The summed E-state index contributed by atoms with van der Waals surface area (Å²) in [4.78, 5) is 51.9. The van der Waals surface area contributed by atoms with Crippen molar-refractivity contribution in [3.63, 3.8) is 0 Å². The number of benzene rings is 1. The van der Waals surface area contributed by atoms with Gasteiger partial charge in [0.1, 0.15) is 10.9 Å². The number of hydrogen-bond acceptors (Lipinski definition) is 6. The van der Waals surface area contributed by atoms with Crippen molar-refractivity contribution in [3.05, 3.63) is 40.9 Å². The number of carbonyl (C=O) groups is 2. The molecule has 3 heterocycles. The number of nitrogens with zero attached hydrogens (tertiary/aromatic N) is 6. The average Bonchev–Trinajstić information content (AvgIpc) is 3.07. The van der Waals surface area contributed by atoms with Crippen molar-refractivity contribution < 1.29 is 9.59 Å². The van der Waals surface area contributed by atoms with Gasteiger partial charge < -0.3 is 0 Å². The minimum Gasteiger partial charge on any atom is -0.299 e. The van der Waals surface area contributed by atoms with Crippen molar-refractivity contribution in [1.29, 1.82) is 0 Å². The van der Waals surface area contributed by atoms with Crippen LogP contribution >= 0.6 is 0 Å².